The van der Waals surface area contributed by atoms with Crippen LogP contribution in [-0.2, 0) is 0 Å². The molecule has 1 atom stereocenters. The molecular weight excluding hydrogens is 228 g/mol. The van der Waals surface area contributed by atoms with Crippen LogP contribution in [0.25, 0.3) is 0 Å². The van der Waals surface area contributed by atoms with Crippen molar-refractivity contribution in [2.24, 2.45) is 5.73 Å². The largest absolute Gasteiger partial charge is 0.485 e. The minimum atomic E-state index is -0.985. The third-order valence-corrected chi connectivity index (χ3v) is 1.99. The lowest BCUT2D eigenvalue weighted by Gasteiger charge is -2.11. The molecular formula is C9H10ClF2NO2. The molecule has 1 unspecified atom stereocenters. The molecule has 0 saturated heterocycles. The van der Waals surface area contributed by atoms with Gasteiger partial charge in [-0.2, -0.15) is 0 Å². The van der Waals surface area contributed by atoms with Crippen molar-refractivity contribution < 1.29 is 18.6 Å². The summed E-state index contributed by atoms with van der Waals surface area (Å²) in [6.45, 7) is -0.339. The van der Waals surface area contributed by atoms with Crippen molar-refractivity contribution in [3.05, 3.63) is 28.8 Å². The summed E-state index contributed by atoms with van der Waals surface area (Å²) in [6, 6.07) is 2.06. The SMILES string of the molecule is NCC(O)COc1c(F)ccc(Cl)c1F. The fraction of sp³-hybridized carbons (Fsp3) is 0.333. The summed E-state index contributed by atoms with van der Waals surface area (Å²) in [6.07, 6.45) is -0.970. The Bertz CT molecular complexity index is 349. The van der Waals surface area contributed by atoms with E-state index in [2.05, 4.69) is 0 Å². The van der Waals surface area contributed by atoms with Gasteiger partial charge in [0.05, 0.1) is 5.02 Å². The first kappa shape index (κ1) is 12.2. The standard InChI is InChI=1S/C9H10ClF2NO2/c10-6-1-2-7(11)9(8(6)12)15-4-5(14)3-13/h1-2,5,14H,3-4,13H2. The molecule has 84 valence electrons. The molecule has 0 amide bonds. The zero-order chi connectivity index (χ0) is 11.4. The van der Waals surface area contributed by atoms with Crippen molar-refractivity contribution in [2.45, 2.75) is 6.10 Å². The summed E-state index contributed by atoms with van der Waals surface area (Å²) < 4.78 is 31.0. The van der Waals surface area contributed by atoms with Gasteiger partial charge >= 0.3 is 0 Å². The number of nitrogens with two attached hydrogens (primary N) is 1. The monoisotopic (exact) mass is 237 g/mol. The van der Waals surface area contributed by atoms with E-state index >= 15 is 0 Å². The number of halogens is 3. The van der Waals surface area contributed by atoms with Gasteiger partial charge in [-0.3, -0.25) is 0 Å². The van der Waals surface area contributed by atoms with Crippen molar-refractivity contribution in [3.8, 4) is 5.75 Å². The fourth-order valence-electron chi connectivity index (χ4n) is 0.888. The number of rotatable bonds is 4. The van der Waals surface area contributed by atoms with Crippen molar-refractivity contribution >= 4 is 11.6 Å². The van der Waals surface area contributed by atoms with E-state index in [4.69, 9.17) is 27.2 Å². The molecule has 15 heavy (non-hydrogen) atoms. The Morgan fingerprint density at radius 3 is 2.73 bits per heavy atom. The van der Waals surface area contributed by atoms with Crippen LogP contribution >= 0.6 is 11.6 Å². The molecule has 0 radical (unpaired) electrons. The van der Waals surface area contributed by atoms with Gasteiger partial charge in [-0.15, -0.1) is 0 Å². The zero-order valence-electron chi connectivity index (χ0n) is 7.71. The van der Waals surface area contributed by atoms with Gasteiger partial charge in [0.2, 0.25) is 0 Å². The van der Waals surface area contributed by atoms with Crippen LogP contribution in [-0.4, -0.2) is 24.4 Å². The molecule has 0 aliphatic rings. The zero-order valence-corrected chi connectivity index (χ0v) is 8.47. The summed E-state index contributed by atoms with van der Waals surface area (Å²) in [5, 5.41) is 8.80. The third-order valence-electron chi connectivity index (χ3n) is 1.69. The van der Waals surface area contributed by atoms with Crippen LogP contribution in [0.4, 0.5) is 8.78 Å². The van der Waals surface area contributed by atoms with E-state index in [0.717, 1.165) is 12.1 Å². The van der Waals surface area contributed by atoms with Crippen LogP contribution in [0.3, 0.4) is 0 Å². The van der Waals surface area contributed by atoms with E-state index in [1.165, 1.54) is 0 Å². The molecule has 0 fully saturated rings. The molecule has 0 aliphatic heterocycles. The molecule has 3 N–H and O–H groups in total. The van der Waals surface area contributed by atoms with E-state index in [1.54, 1.807) is 0 Å². The van der Waals surface area contributed by atoms with Crippen LogP contribution in [0.15, 0.2) is 12.1 Å². The molecule has 1 aromatic rings. The highest BCUT2D eigenvalue weighted by molar-refractivity contribution is 6.30. The smallest absolute Gasteiger partial charge is 0.192 e. The molecule has 1 rings (SSSR count). The van der Waals surface area contributed by atoms with E-state index in [9.17, 15) is 8.78 Å². The lowest BCUT2D eigenvalue weighted by Crippen LogP contribution is -2.27. The van der Waals surface area contributed by atoms with E-state index in [1.807, 2.05) is 0 Å². The maximum absolute atomic E-state index is 13.2. The minimum absolute atomic E-state index is 0.0518. The second-order valence-electron chi connectivity index (χ2n) is 2.87. The molecule has 0 heterocycles. The highest BCUT2D eigenvalue weighted by Crippen LogP contribution is 2.27. The van der Waals surface area contributed by atoms with Crippen molar-refractivity contribution in [1.82, 2.24) is 0 Å². The van der Waals surface area contributed by atoms with Gasteiger partial charge in [-0.05, 0) is 12.1 Å². The number of aliphatic hydroxyl groups excluding tert-OH is 1. The third kappa shape index (κ3) is 3.02. The Labute approximate surface area is 90.4 Å². The van der Waals surface area contributed by atoms with E-state index in [-0.39, 0.29) is 18.2 Å². The normalized spacial score (nSPS) is 12.6. The molecule has 3 nitrogen and oxygen atoms in total. The van der Waals surface area contributed by atoms with Crippen molar-refractivity contribution in [2.75, 3.05) is 13.2 Å². The van der Waals surface area contributed by atoms with Crippen molar-refractivity contribution in [3.63, 3.8) is 0 Å². The van der Waals surface area contributed by atoms with Gasteiger partial charge in [0, 0.05) is 6.54 Å². The molecule has 1 aromatic carbocycles. The minimum Gasteiger partial charge on any atom is -0.485 e. The van der Waals surface area contributed by atoms with Gasteiger partial charge in [-0.25, -0.2) is 8.78 Å². The number of hydrogen-bond acceptors (Lipinski definition) is 3. The van der Waals surface area contributed by atoms with Crippen LogP contribution < -0.4 is 10.5 Å². The predicted molar refractivity (Wildman–Crippen MR) is 51.9 cm³/mol. The lowest BCUT2D eigenvalue weighted by atomic mass is 10.3. The Hall–Kier alpha value is -0.910. The van der Waals surface area contributed by atoms with Gasteiger partial charge in [0.25, 0.3) is 0 Å². The summed E-state index contributed by atoms with van der Waals surface area (Å²) in [5.41, 5.74) is 5.10. The number of ether oxygens (including phenoxy) is 1. The Balaban J connectivity index is 2.80. The average Bonchev–Trinajstić information content (AvgIpc) is 2.23. The predicted octanol–water partition coefficient (Wildman–Crippen LogP) is 1.32. The van der Waals surface area contributed by atoms with Gasteiger partial charge in [0.15, 0.2) is 17.4 Å². The Morgan fingerprint density at radius 1 is 1.47 bits per heavy atom. The Morgan fingerprint density at radius 2 is 2.13 bits per heavy atom. The highest BCUT2D eigenvalue weighted by atomic mass is 35.5. The molecule has 0 spiro atoms. The van der Waals surface area contributed by atoms with Gasteiger partial charge in [-0.1, -0.05) is 11.6 Å². The van der Waals surface area contributed by atoms with E-state index < -0.39 is 23.5 Å². The summed E-state index contributed by atoms with van der Waals surface area (Å²) >= 11 is 5.43. The van der Waals surface area contributed by atoms with Gasteiger partial charge in [0.1, 0.15) is 12.7 Å². The second-order valence-corrected chi connectivity index (χ2v) is 3.28. The average molecular weight is 238 g/mol. The van der Waals surface area contributed by atoms with Crippen LogP contribution in [0.2, 0.25) is 5.02 Å². The molecule has 0 bridgehead atoms. The number of aliphatic hydroxyl groups is 1. The summed E-state index contributed by atoms with van der Waals surface area (Å²) in [5.74, 6) is -2.46. The second kappa shape index (κ2) is 5.25. The van der Waals surface area contributed by atoms with Crippen molar-refractivity contribution in [1.29, 1.82) is 0 Å². The number of benzene rings is 1. The van der Waals surface area contributed by atoms with Crippen LogP contribution in [0.1, 0.15) is 0 Å². The first-order valence-corrected chi connectivity index (χ1v) is 4.58. The quantitative estimate of drug-likeness (QED) is 0.777. The summed E-state index contributed by atoms with van der Waals surface area (Å²) in [7, 11) is 0. The van der Waals surface area contributed by atoms with Crippen LogP contribution in [0.5, 0.6) is 5.75 Å². The van der Waals surface area contributed by atoms with E-state index in [0.29, 0.717) is 0 Å². The summed E-state index contributed by atoms with van der Waals surface area (Å²) in [4.78, 5) is 0. The maximum atomic E-state index is 13.2. The fourth-order valence-corrected chi connectivity index (χ4v) is 1.04. The van der Waals surface area contributed by atoms with Crippen LogP contribution in [0, 0.1) is 11.6 Å². The first-order chi connectivity index (χ1) is 7.06. The maximum Gasteiger partial charge on any atom is 0.192 e. The molecule has 0 saturated carbocycles. The molecule has 0 aromatic heterocycles. The molecule has 0 aliphatic carbocycles. The van der Waals surface area contributed by atoms with Gasteiger partial charge < -0.3 is 15.6 Å². The first-order valence-electron chi connectivity index (χ1n) is 4.20. The number of hydrogen-bond donors (Lipinski definition) is 2. The molecule has 6 heteroatoms. The lowest BCUT2D eigenvalue weighted by molar-refractivity contribution is 0.109. The topological polar surface area (TPSA) is 55.5 Å². The highest BCUT2D eigenvalue weighted by Gasteiger charge is 2.15. The Kier molecular flexibility index (Phi) is 4.26.